The Labute approximate surface area is 74.3 Å². The molecule has 4 heteroatoms. The van der Waals surface area contributed by atoms with Gasteiger partial charge in [0.05, 0.1) is 15.7 Å². The summed E-state index contributed by atoms with van der Waals surface area (Å²) in [5, 5.41) is 0. The van der Waals surface area contributed by atoms with Crippen LogP contribution in [-0.4, -0.2) is 9.97 Å². The average Bonchev–Trinajstić information content (AvgIpc) is 2.52. The van der Waals surface area contributed by atoms with Crippen molar-refractivity contribution >= 4 is 27.4 Å². The molecule has 2 aromatic heterocycles. The van der Waals surface area contributed by atoms with Crippen LogP contribution in [0.5, 0.6) is 0 Å². The number of hydrogen-bond acceptors (Lipinski definition) is 4. The lowest BCUT2D eigenvalue weighted by molar-refractivity contribution is 1.05. The summed E-state index contributed by atoms with van der Waals surface area (Å²) < 4.78 is 0.993. The number of hydrogen-bond donors (Lipinski definition) is 1. The van der Waals surface area contributed by atoms with Crippen LogP contribution in [0.4, 0.5) is 5.82 Å². The third-order valence-corrected chi connectivity index (χ3v) is 2.62. The normalized spacial score (nSPS) is 10.8. The molecule has 0 aliphatic heterocycles. The second kappa shape index (κ2) is 2.71. The number of anilines is 1. The van der Waals surface area contributed by atoms with Crippen molar-refractivity contribution in [1.82, 2.24) is 9.97 Å². The summed E-state index contributed by atoms with van der Waals surface area (Å²) >= 11 is 1.53. The van der Waals surface area contributed by atoms with Crippen molar-refractivity contribution in [1.29, 1.82) is 0 Å². The van der Waals surface area contributed by atoms with E-state index in [-0.39, 0.29) is 0 Å². The van der Waals surface area contributed by atoms with Gasteiger partial charge >= 0.3 is 0 Å². The Morgan fingerprint density at radius 2 is 2.42 bits per heavy atom. The van der Waals surface area contributed by atoms with Crippen LogP contribution in [0, 0.1) is 0 Å². The van der Waals surface area contributed by atoms with Crippen LogP contribution in [0.2, 0.25) is 0 Å². The van der Waals surface area contributed by atoms with Crippen molar-refractivity contribution in [3.63, 3.8) is 0 Å². The Morgan fingerprint density at radius 3 is 3.17 bits per heavy atom. The van der Waals surface area contributed by atoms with Gasteiger partial charge in [-0.15, -0.1) is 11.3 Å². The molecule has 0 saturated carbocycles. The number of nitrogens with two attached hydrogens (primary N) is 1. The molecule has 2 aromatic rings. The smallest absolute Gasteiger partial charge is 0.143 e. The summed E-state index contributed by atoms with van der Waals surface area (Å²) in [6.07, 6.45) is 0.900. The van der Waals surface area contributed by atoms with Gasteiger partial charge in [-0.2, -0.15) is 0 Å². The number of nitrogen functional groups attached to an aromatic ring is 1. The molecule has 62 valence electrons. The van der Waals surface area contributed by atoms with Gasteiger partial charge in [0.2, 0.25) is 0 Å². The molecule has 0 radical (unpaired) electrons. The molecular formula is C8H9N3S. The molecule has 0 aromatic carbocycles. The van der Waals surface area contributed by atoms with Gasteiger partial charge in [0.25, 0.3) is 0 Å². The van der Waals surface area contributed by atoms with Crippen molar-refractivity contribution in [3.05, 3.63) is 17.3 Å². The number of aryl methyl sites for hydroxylation is 1. The Morgan fingerprint density at radius 1 is 1.58 bits per heavy atom. The van der Waals surface area contributed by atoms with Crippen LogP contribution in [0.15, 0.2) is 11.6 Å². The molecule has 2 rings (SSSR count). The standard InChI is InChI=1S/C8H9N3S/c1-2-5-3-6-7(8(9)11-5)12-4-10-6/h3-4H,2H2,1H3,(H2,9,11). The molecule has 0 spiro atoms. The SMILES string of the molecule is CCc1cc2ncsc2c(N)n1. The number of pyridine rings is 1. The lowest BCUT2D eigenvalue weighted by Crippen LogP contribution is -1.94. The number of thiazole rings is 1. The summed E-state index contributed by atoms with van der Waals surface area (Å²) in [6, 6.07) is 1.99. The van der Waals surface area contributed by atoms with E-state index in [4.69, 9.17) is 5.73 Å². The van der Waals surface area contributed by atoms with E-state index in [1.54, 1.807) is 5.51 Å². The van der Waals surface area contributed by atoms with Gasteiger partial charge in [-0.1, -0.05) is 6.92 Å². The summed E-state index contributed by atoms with van der Waals surface area (Å²) in [4.78, 5) is 8.43. The lowest BCUT2D eigenvalue weighted by Gasteiger charge is -1.98. The first-order chi connectivity index (χ1) is 5.81. The van der Waals surface area contributed by atoms with Gasteiger partial charge in [0.15, 0.2) is 0 Å². The summed E-state index contributed by atoms with van der Waals surface area (Å²) in [6.45, 7) is 2.06. The van der Waals surface area contributed by atoms with Crippen LogP contribution in [0.25, 0.3) is 10.2 Å². The van der Waals surface area contributed by atoms with Crippen molar-refractivity contribution in [2.45, 2.75) is 13.3 Å². The molecule has 0 saturated heterocycles. The molecule has 0 atom stereocenters. The van der Waals surface area contributed by atoms with Gasteiger partial charge in [-0.25, -0.2) is 9.97 Å². The fraction of sp³-hybridized carbons (Fsp3) is 0.250. The first-order valence-corrected chi connectivity index (χ1v) is 4.68. The van der Waals surface area contributed by atoms with Crippen LogP contribution >= 0.6 is 11.3 Å². The molecular weight excluding hydrogens is 170 g/mol. The quantitative estimate of drug-likeness (QED) is 0.726. The summed E-state index contributed by atoms with van der Waals surface area (Å²) in [7, 11) is 0. The molecule has 2 N–H and O–H groups in total. The van der Waals surface area contributed by atoms with Crippen LogP contribution in [0.1, 0.15) is 12.6 Å². The predicted octanol–water partition coefficient (Wildman–Crippen LogP) is 1.84. The highest BCUT2D eigenvalue weighted by molar-refractivity contribution is 7.17. The van der Waals surface area contributed by atoms with Crippen LogP contribution in [-0.2, 0) is 6.42 Å². The maximum absolute atomic E-state index is 5.74. The average molecular weight is 179 g/mol. The summed E-state index contributed by atoms with van der Waals surface area (Å²) in [5.74, 6) is 0.604. The second-order valence-corrected chi connectivity index (χ2v) is 3.41. The van der Waals surface area contributed by atoms with E-state index < -0.39 is 0 Å². The monoisotopic (exact) mass is 179 g/mol. The Balaban J connectivity index is 2.75. The first kappa shape index (κ1) is 7.49. The van der Waals surface area contributed by atoms with E-state index in [1.807, 2.05) is 6.07 Å². The van der Waals surface area contributed by atoms with Crippen molar-refractivity contribution in [2.24, 2.45) is 0 Å². The van der Waals surface area contributed by atoms with E-state index in [2.05, 4.69) is 16.9 Å². The van der Waals surface area contributed by atoms with Crippen molar-refractivity contribution < 1.29 is 0 Å². The molecule has 2 heterocycles. The van der Waals surface area contributed by atoms with Gasteiger partial charge in [-0.05, 0) is 12.5 Å². The van der Waals surface area contributed by atoms with Crippen molar-refractivity contribution in [3.8, 4) is 0 Å². The number of rotatable bonds is 1. The van der Waals surface area contributed by atoms with E-state index in [9.17, 15) is 0 Å². The van der Waals surface area contributed by atoms with Gasteiger partial charge in [0, 0.05) is 5.69 Å². The maximum Gasteiger partial charge on any atom is 0.143 e. The number of nitrogens with zero attached hydrogens (tertiary/aromatic N) is 2. The van der Waals surface area contributed by atoms with E-state index >= 15 is 0 Å². The van der Waals surface area contributed by atoms with Gasteiger partial charge in [0.1, 0.15) is 5.82 Å². The number of aromatic nitrogens is 2. The minimum atomic E-state index is 0.604. The fourth-order valence-electron chi connectivity index (χ4n) is 1.13. The number of fused-ring (bicyclic) bond motifs is 1. The highest BCUT2D eigenvalue weighted by Gasteiger charge is 2.03. The Bertz CT molecular complexity index is 408. The molecule has 0 amide bonds. The van der Waals surface area contributed by atoms with E-state index in [0.717, 1.165) is 22.3 Å². The van der Waals surface area contributed by atoms with Gasteiger partial charge < -0.3 is 5.73 Å². The van der Waals surface area contributed by atoms with E-state index in [0.29, 0.717) is 5.82 Å². The van der Waals surface area contributed by atoms with Gasteiger partial charge in [-0.3, -0.25) is 0 Å². The fourth-order valence-corrected chi connectivity index (χ4v) is 1.80. The van der Waals surface area contributed by atoms with Crippen LogP contribution in [0.3, 0.4) is 0 Å². The lowest BCUT2D eigenvalue weighted by atomic mass is 10.3. The molecule has 0 bridgehead atoms. The molecule has 0 unspecified atom stereocenters. The zero-order chi connectivity index (χ0) is 8.55. The predicted molar refractivity (Wildman–Crippen MR) is 51.2 cm³/mol. The third kappa shape index (κ3) is 1.04. The Kier molecular flexibility index (Phi) is 1.69. The first-order valence-electron chi connectivity index (χ1n) is 3.80. The highest BCUT2D eigenvalue weighted by Crippen LogP contribution is 2.23. The molecule has 0 aliphatic carbocycles. The Hall–Kier alpha value is -1.16. The second-order valence-electron chi connectivity index (χ2n) is 2.55. The molecule has 0 aliphatic rings. The largest absolute Gasteiger partial charge is 0.382 e. The molecule has 12 heavy (non-hydrogen) atoms. The minimum absolute atomic E-state index is 0.604. The molecule has 3 nitrogen and oxygen atoms in total. The van der Waals surface area contributed by atoms with Crippen molar-refractivity contribution in [2.75, 3.05) is 5.73 Å². The zero-order valence-electron chi connectivity index (χ0n) is 6.74. The third-order valence-electron chi connectivity index (χ3n) is 1.76. The molecule has 0 fully saturated rings. The summed E-state index contributed by atoms with van der Waals surface area (Å²) in [5.41, 5.74) is 9.50. The zero-order valence-corrected chi connectivity index (χ0v) is 7.56. The minimum Gasteiger partial charge on any atom is -0.382 e. The topological polar surface area (TPSA) is 51.8 Å². The van der Waals surface area contributed by atoms with Crippen LogP contribution < -0.4 is 5.73 Å². The van der Waals surface area contributed by atoms with E-state index in [1.165, 1.54) is 11.3 Å². The maximum atomic E-state index is 5.74. The highest BCUT2D eigenvalue weighted by atomic mass is 32.1.